The molecule has 0 aliphatic heterocycles. The van der Waals surface area contributed by atoms with Gasteiger partial charge in [0.1, 0.15) is 0 Å². The lowest BCUT2D eigenvalue weighted by Gasteiger charge is -2.23. The SMILES string of the molecule is Cn1ncc2c1CCC[C@H]2NC(=O)c1cc(-c2ccco2)on1. The lowest BCUT2D eigenvalue weighted by atomic mass is 9.93. The molecule has 7 heteroatoms. The zero-order chi connectivity index (χ0) is 15.8. The number of aromatic nitrogens is 3. The zero-order valence-electron chi connectivity index (χ0n) is 12.7. The summed E-state index contributed by atoms with van der Waals surface area (Å²) in [7, 11) is 1.93. The van der Waals surface area contributed by atoms with Crippen molar-refractivity contribution in [2.45, 2.75) is 25.3 Å². The first kappa shape index (κ1) is 13.8. The van der Waals surface area contributed by atoms with E-state index in [9.17, 15) is 4.79 Å². The number of hydrogen-bond donors (Lipinski definition) is 1. The van der Waals surface area contributed by atoms with E-state index in [1.54, 1.807) is 24.5 Å². The highest BCUT2D eigenvalue weighted by Gasteiger charge is 2.26. The Hall–Kier alpha value is -2.83. The number of nitrogens with zero attached hydrogens (tertiary/aromatic N) is 3. The van der Waals surface area contributed by atoms with Gasteiger partial charge in [-0.05, 0) is 31.4 Å². The summed E-state index contributed by atoms with van der Waals surface area (Å²) in [6.45, 7) is 0. The van der Waals surface area contributed by atoms with E-state index in [-0.39, 0.29) is 17.6 Å². The standard InChI is InChI=1S/C16H16N4O3/c1-20-13-5-2-4-11(10(13)9-17-20)18-16(21)12-8-15(23-19-12)14-6-3-7-22-14/h3,6-9,11H,2,4-5H2,1H3,(H,18,21)/t11-/m1/s1. The second kappa shape index (κ2) is 5.42. The summed E-state index contributed by atoms with van der Waals surface area (Å²) < 4.78 is 12.3. The number of fused-ring (bicyclic) bond motifs is 1. The van der Waals surface area contributed by atoms with Crippen LogP contribution in [0.2, 0.25) is 0 Å². The molecule has 1 aliphatic carbocycles. The molecule has 0 saturated carbocycles. The van der Waals surface area contributed by atoms with Gasteiger partial charge in [-0.15, -0.1) is 0 Å². The van der Waals surface area contributed by atoms with Crippen LogP contribution in [0.15, 0.2) is 39.6 Å². The molecular weight excluding hydrogens is 296 g/mol. The Bertz CT molecular complexity index is 832. The lowest BCUT2D eigenvalue weighted by Crippen LogP contribution is -2.31. The van der Waals surface area contributed by atoms with Crippen molar-refractivity contribution in [3.63, 3.8) is 0 Å². The number of aryl methyl sites for hydroxylation is 1. The molecule has 3 aromatic rings. The largest absolute Gasteiger partial charge is 0.461 e. The molecule has 4 rings (SSSR count). The van der Waals surface area contributed by atoms with E-state index in [2.05, 4.69) is 15.6 Å². The average molecular weight is 312 g/mol. The Morgan fingerprint density at radius 3 is 3.17 bits per heavy atom. The zero-order valence-corrected chi connectivity index (χ0v) is 12.7. The van der Waals surface area contributed by atoms with Gasteiger partial charge in [0.05, 0.1) is 18.5 Å². The predicted octanol–water partition coefficient (Wildman–Crippen LogP) is 2.48. The minimum atomic E-state index is -0.256. The molecule has 0 radical (unpaired) electrons. The third-order valence-corrected chi connectivity index (χ3v) is 4.19. The first-order chi connectivity index (χ1) is 11.2. The van der Waals surface area contributed by atoms with Crippen LogP contribution in [0.25, 0.3) is 11.5 Å². The fraction of sp³-hybridized carbons (Fsp3) is 0.312. The van der Waals surface area contributed by atoms with Crippen LogP contribution in [0.1, 0.15) is 40.6 Å². The quantitative estimate of drug-likeness (QED) is 0.803. The van der Waals surface area contributed by atoms with Gasteiger partial charge in [-0.2, -0.15) is 5.10 Å². The van der Waals surface area contributed by atoms with Crippen LogP contribution in [-0.2, 0) is 13.5 Å². The van der Waals surface area contributed by atoms with Crippen molar-refractivity contribution in [1.29, 1.82) is 0 Å². The number of nitrogens with one attached hydrogen (secondary N) is 1. The molecule has 0 spiro atoms. The molecular formula is C16H16N4O3. The Morgan fingerprint density at radius 2 is 2.35 bits per heavy atom. The molecule has 23 heavy (non-hydrogen) atoms. The third-order valence-electron chi connectivity index (χ3n) is 4.19. The highest BCUT2D eigenvalue weighted by Crippen LogP contribution is 2.29. The van der Waals surface area contributed by atoms with Gasteiger partial charge < -0.3 is 14.3 Å². The molecule has 1 amide bonds. The highest BCUT2D eigenvalue weighted by atomic mass is 16.5. The van der Waals surface area contributed by atoms with Gasteiger partial charge in [-0.1, -0.05) is 5.16 Å². The van der Waals surface area contributed by atoms with Gasteiger partial charge >= 0.3 is 0 Å². The van der Waals surface area contributed by atoms with Crippen molar-refractivity contribution in [2.75, 3.05) is 0 Å². The van der Waals surface area contributed by atoms with Crippen LogP contribution >= 0.6 is 0 Å². The molecule has 1 atom stereocenters. The summed E-state index contributed by atoms with van der Waals surface area (Å²) in [4.78, 5) is 12.4. The smallest absolute Gasteiger partial charge is 0.273 e. The maximum Gasteiger partial charge on any atom is 0.273 e. The van der Waals surface area contributed by atoms with Crippen LogP contribution in [0.3, 0.4) is 0 Å². The number of rotatable bonds is 3. The third kappa shape index (κ3) is 2.44. The molecule has 0 fully saturated rings. The number of carbonyl (C=O) groups excluding carboxylic acids is 1. The molecule has 0 aromatic carbocycles. The lowest BCUT2D eigenvalue weighted by molar-refractivity contribution is 0.0923. The van der Waals surface area contributed by atoms with Crippen LogP contribution in [-0.4, -0.2) is 20.8 Å². The maximum atomic E-state index is 12.4. The van der Waals surface area contributed by atoms with Gasteiger partial charge in [0, 0.05) is 24.4 Å². The summed E-state index contributed by atoms with van der Waals surface area (Å²) in [6, 6.07) is 5.05. The average Bonchev–Trinajstić information content (AvgIpc) is 3.28. The first-order valence-corrected chi connectivity index (χ1v) is 7.54. The van der Waals surface area contributed by atoms with Crippen molar-refractivity contribution in [3.8, 4) is 11.5 Å². The topological polar surface area (TPSA) is 86.1 Å². The molecule has 1 N–H and O–H groups in total. The molecule has 0 bridgehead atoms. The number of amides is 1. The van der Waals surface area contributed by atoms with Crippen molar-refractivity contribution in [1.82, 2.24) is 20.3 Å². The summed E-state index contributed by atoms with van der Waals surface area (Å²) in [5.74, 6) is 0.725. The van der Waals surface area contributed by atoms with Crippen molar-refractivity contribution in [2.24, 2.45) is 7.05 Å². The molecule has 7 nitrogen and oxygen atoms in total. The van der Waals surface area contributed by atoms with Crippen LogP contribution in [0.5, 0.6) is 0 Å². The number of hydrogen-bond acceptors (Lipinski definition) is 5. The van der Waals surface area contributed by atoms with Crippen molar-refractivity contribution in [3.05, 3.63) is 47.6 Å². The van der Waals surface area contributed by atoms with Gasteiger partial charge in [0.15, 0.2) is 11.5 Å². The van der Waals surface area contributed by atoms with E-state index in [1.165, 1.54) is 5.69 Å². The molecule has 3 aromatic heterocycles. The first-order valence-electron chi connectivity index (χ1n) is 7.54. The van der Waals surface area contributed by atoms with Gasteiger partial charge in [-0.3, -0.25) is 9.48 Å². The molecule has 3 heterocycles. The summed E-state index contributed by atoms with van der Waals surface area (Å²) >= 11 is 0. The monoisotopic (exact) mass is 312 g/mol. The second-order valence-electron chi connectivity index (χ2n) is 5.64. The van der Waals surface area contributed by atoms with Crippen LogP contribution in [0.4, 0.5) is 0 Å². The minimum Gasteiger partial charge on any atom is -0.461 e. The maximum absolute atomic E-state index is 12.4. The molecule has 0 saturated heterocycles. The normalized spacial score (nSPS) is 17.0. The molecule has 118 valence electrons. The minimum absolute atomic E-state index is 0.0382. The molecule has 0 unspecified atom stereocenters. The van der Waals surface area contributed by atoms with E-state index >= 15 is 0 Å². The fourth-order valence-corrected chi connectivity index (χ4v) is 3.01. The fourth-order valence-electron chi connectivity index (χ4n) is 3.01. The Morgan fingerprint density at radius 1 is 1.43 bits per heavy atom. The molecule has 1 aliphatic rings. The van der Waals surface area contributed by atoms with E-state index in [0.29, 0.717) is 11.5 Å². The van der Waals surface area contributed by atoms with Gasteiger partial charge in [-0.25, -0.2) is 0 Å². The summed E-state index contributed by atoms with van der Waals surface area (Å²) in [6.07, 6.45) is 6.28. The van der Waals surface area contributed by atoms with Crippen molar-refractivity contribution < 1.29 is 13.7 Å². The summed E-state index contributed by atoms with van der Waals surface area (Å²) in [5, 5.41) is 11.1. The summed E-state index contributed by atoms with van der Waals surface area (Å²) in [5.41, 5.74) is 2.51. The Labute approximate surface area is 132 Å². The number of carbonyl (C=O) groups is 1. The van der Waals surface area contributed by atoms with Gasteiger partial charge in [0.2, 0.25) is 5.76 Å². The van der Waals surface area contributed by atoms with Gasteiger partial charge in [0.25, 0.3) is 5.91 Å². The van der Waals surface area contributed by atoms with E-state index < -0.39 is 0 Å². The van der Waals surface area contributed by atoms with Crippen LogP contribution < -0.4 is 5.32 Å². The number of furan rings is 1. The predicted molar refractivity (Wildman–Crippen MR) is 80.6 cm³/mol. The van der Waals surface area contributed by atoms with Crippen LogP contribution in [0, 0.1) is 0 Å². The Kier molecular flexibility index (Phi) is 3.25. The van der Waals surface area contributed by atoms with Crippen molar-refractivity contribution >= 4 is 5.91 Å². The van der Waals surface area contributed by atoms with E-state index in [4.69, 9.17) is 8.94 Å². The highest BCUT2D eigenvalue weighted by molar-refractivity contribution is 5.93. The van der Waals surface area contributed by atoms with E-state index in [1.807, 2.05) is 17.9 Å². The second-order valence-corrected chi connectivity index (χ2v) is 5.64. The van der Waals surface area contributed by atoms with E-state index in [0.717, 1.165) is 24.8 Å². The Balaban J connectivity index is 1.53.